The summed E-state index contributed by atoms with van der Waals surface area (Å²) < 4.78 is 23.5. The van der Waals surface area contributed by atoms with Crippen molar-refractivity contribution in [3.05, 3.63) is 72.1 Å². The SMILES string of the molecule is COc1ccc(OC)c(-c2cn3cc(C(=O)NCCc4cccc(OC)c4OC)ccc3n2)c1. The minimum Gasteiger partial charge on any atom is -0.497 e. The Hall–Kier alpha value is -4.20. The monoisotopic (exact) mass is 461 g/mol. The molecule has 176 valence electrons. The van der Waals surface area contributed by atoms with E-state index in [1.54, 1.807) is 40.7 Å². The highest BCUT2D eigenvalue weighted by Gasteiger charge is 2.14. The lowest BCUT2D eigenvalue weighted by Gasteiger charge is -2.13. The minimum absolute atomic E-state index is 0.169. The van der Waals surface area contributed by atoms with Crippen LogP contribution in [-0.2, 0) is 6.42 Å². The fourth-order valence-electron chi connectivity index (χ4n) is 3.83. The van der Waals surface area contributed by atoms with E-state index in [0.717, 1.165) is 22.5 Å². The minimum atomic E-state index is -0.169. The summed E-state index contributed by atoms with van der Waals surface area (Å²) in [6.45, 7) is 0.455. The summed E-state index contributed by atoms with van der Waals surface area (Å²) in [5.41, 5.74) is 3.75. The maximum Gasteiger partial charge on any atom is 0.252 e. The standard InChI is InChI=1S/C26H27N3O5/c1-31-19-9-10-22(32-2)20(14-19)21-16-29-15-18(8-11-24(29)28-21)26(30)27-13-12-17-6-5-7-23(33-3)25(17)34-4/h5-11,14-16H,12-13H2,1-4H3,(H,27,30). The molecular formula is C26H27N3O5. The zero-order valence-corrected chi connectivity index (χ0v) is 19.6. The second kappa shape index (κ2) is 10.2. The van der Waals surface area contributed by atoms with Gasteiger partial charge in [-0.15, -0.1) is 0 Å². The largest absolute Gasteiger partial charge is 0.497 e. The van der Waals surface area contributed by atoms with Crippen LogP contribution in [0.1, 0.15) is 15.9 Å². The zero-order chi connectivity index (χ0) is 24.1. The van der Waals surface area contributed by atoms with Crippen LogP contribution in [0.3, 0.4) is 0 Å². The quantitative estimate of drug-likeness (QED) is 0.406. The van der Waals surface area contributed by atoms with Gasteiger partial charge >= 0.3 is 0 Å². The molecular weight excluding hydrogens is 434 g/mol. The molecule has 0 bridgehead atoms. The number of fused-ring (bicyclic) bond motifs is 1. The number of nitrogens with zero attached hydrogens (tertiary/aromatic N) is 2. The first-order chi connectivity index (χ1) is 16.6. The van der Waals surface area contributed by atoms with Crippen LogP contribution in [-0.4, -0.2) is 50.3 Å². The number of hydrogen-bond acceptors (Lipinski definition) is 6. The maximum absolute atomic E-state index is 12.8. The molecule has 1 amide bonds. The first kappa shape index (κ1) is 23.0. The molecule has 1 N–H and O–H groups in total. The molecule has 0 aliphatic rings. The maximum atomic E-state index is 12.8. The summed E-state index contributed by atoms with van der Waals surface area (Å²) in [4.78, 5) is 17.5. The molecule has 0 radical (unpaired) electrons. The Balaban J connectivity index is 1.50. The van der Waals surface area contributed by atoms with Crippen LogP contribution in [0, 0.1) is 0 Å². The molecule has 8 nitrogen and oxygen atoms in total. The number of amides is 1. The van der Waals surface area contributed by atoms with Gasteiger partial charge in [-0.25, -0.2) is 4.98 Å². The average Bonchev–Trinajstić information content (AvgIpc) is 3.31. The molecule has 0 spiro atoms. The number of hydrogen-bond donors (Lipinski definition) is 1. The molecule has 0 unspecified atom stereocenters. The molecule has 0 aliphatic carbocycles. The fraction of sp³-hybridized carbons (Fsp3) is 0.231. The van der Waals surface area contributed by atoms with Crippen molar-refractivity contribution in [2.75, 3.05) is 35.0 Å². The zero-order valence-electron chi connectivity index (χ0n) is 19.6. The first-order valence-electron chi connectivity index (χ1n) is 10.8. The van der Waals surface area contributed by atoms with Crippen LogP contribution in [0.25, 0.3) is 16.9 Å². The van der Waals surface area contributed by atoms with Crippen molar-refractivity contribution in [2.24, 2.45) is 0 Å². The molecule has 34 heavy (non-hydrogen) atoms. The van der Waals surface area contributed by atoms with Crippen molar-refractivity contribution in [1.82, 2.24) is 14.7 Å². The highest BCUT2D eigenvalue weighted by atomic mass is 16.5. The van der Waals surface area contributed by atoms with E-state index in [1.807, 2.05) is 53.1 Å². The van der Waals surface area contributed by atoms with Gasteiger partial charge in [-0.05, 0) is 48.4 Å². The van der Waals surface area contributed by atoms with Gasteiger partial charge in [-0.3, -0.25) is 4.79 Å². The van der Waals surface area contributed by atoms with Crippen molar-refractivity contribution in [3.8, 4) is 34.3 Å². The number of benzene rings is 2. The number of aromatic nitrogens is 2. The molecule has 0 saturated heterocycles. The van der Waals surface area contributed by atoms with Gasteiger partial charge in [0.05, 0.1) is 39.7 Å². The molecule has 2 aromatic heterocycles. The van der Waals surface area contributed by atoms with Crippen LogP contribution in [0.4, 0.5) is 0 Å². The lowest BCUT2D eigenvalue weighted by molar-refractivity contribution is 0.0953. The van der Waals surface area contributed by atoms with Gasteiger partial charge in [0, 0.05) is 24.5 Å². The summed E-state index contributed by atoms with van der Waals surface area (Å²) in [7, 11) is 6.44. The predicted octanol–water partition coefficient (Wildman–Crippen LogP) is 4.01. The Morgan fingerprint density at radius 2 is 1.74 bits per heavy atom. The third-order valence-corrected chi connectivity index (χ3v) is 5.56. The lowest BCUT2D eigenvalue weighted by atomic mass is 10.1. The third kappa shape index (κ3) is 4.61. The van der Waals surface area contributed by atoms with Gasteiger partial charge in [0.1, 0.15) is 17.1 Å². The number of nitrogens with one attached hydrogen (secondary N) is 1. The molecule has 0 saturated carbocycles. The summed E-state index contributed by atoms with van der Waals surface area (Å²) >= 11 is 0. The molecule has 0 aliphatic heterocycles. The Morgan fingerprint density at radius 1 is 0.912 bits per heavy atom. The summed E-state index contributed by atoms with van der Waals surface area (Å²) in [6.07, 6.45) is 4.24. The highest BCUT2D eigenvalue weighted by molar-refractivity contribution is 5.94. The van der Waals surface area contributed by atoms with Crippen LogP contribution in [0.5, 0.6) is 23.0 Å². The van der Waals surface area contributed by atoms with Crippen molar-refractivity contribution in [2.45, 2.75) is 6.42 Å². The number of methoxy groups -OCH3 is 4. The Bertz CT molecular complexity index is 1320. The number of imidazole rings is 1. The molecule has 2 heterocycles. The van der Waals surface area contributed by atoms with Gasteiger partial charge in [0.25, 0.3) is 5.91 Å². The van der Waals surface area contributed by atoms with E-state index in [0.29, 0.717) is 41.5 Å². The molecule has 0 fully saturated rings. The smallest absolute Gasteiger partial charge is 0.252 e. The molecule has 0 atom stereocenters. The summed E-state index contributed by atoms with van der Waals surface area (Å²) in [5, 5.41) is 2.97. The molecule has 4 rings (SSSR count). The topological polar surface area (TPSA) is 83.3 Å². The number of ether oxygens (including phenoxy) is 4. The fourth-order valence-corrected chi connectivity index (χ4v) is 3.83. The van der Waals surface area contributed by atoms with E-state index >= 15 is 0 Å². The van der Waals surface area contributed by atoms with Crippen LogP contribution in [0.2, 0.25) is 0 Å². The third-order valence-electron chi connectivity index (χ3n) is 5.56. The Morgan fingerprint density at radius 3 is 2.47 bits per heavy atom. The number of para-hydroxylation sites is 1. The van der Waals surface area contributed by atoms with Gasteiger partial charge in [0.2, 0.25) is 0 Å². The normalized spacial score (nSPS) is 10.7. The van der Waals surface area contributed by atoms with Crippen LogP contribution >= 0.6 is 0 Å². The van der Waals surface area contributed by atoms with E-state index in [9.17, 15) is 4.79 Å². The molecule has 2 aromatic carbocycles. The van der Waals surface area contributed by atoms with Crippen LogP contribution < -0.4 is 24.3 Å². The summed E-state index contributed by atoms with van der Waals surface area (Å²) in [5.74, 6) is 2.58. The second-order valence-corrected chi connectivity index (χ2v) is 7.53. The Kier molecular flexibility index (Phi) is 6.87. The van der Waals surface area contributed by atoms with Gasteiger partial charge < -0.3 is 28.7 Å². The molecule has 4 aromatic rings. The highest BCUT2D eigenvalue weighted by Crippen LogP contribution is 2.33. The van der Waals surface area contributed by atoms with E-state index in [2.05, 4.69) is 10.3 Å². The van der Waals surface area contributed by atoms with Gasteiger partial charge in [-0.1, -0.05) is 12.1 Å². The Labute approximate surface area is 198 Å². The lowest BCUT2D eigenvalue weighted by Crippen LogP contribution is -2.26. The van der Waals surface area contributed by atoms with E-state index < -0.39 is 0 Å². The number of carbonyl (C=O) groups excluding carboxylic acids is 1. The number of carbonyl (C=O) groups is 1. The average molecular weight is 462 g/mol. The first-order valence-corrected chi connectivity index (χ1v) is 10.8. The van der Waals surface area contributed by atoms with Crippen molar-refractivity contribution < 1.29 is 23.7 Å². The van der Waals surface area contributed by atoms with E-state index in [4.69, 9.17) is 18.9 Å². The number of pyridine rings is 1. The van der Waals surface area contributed by atoms with E-state index in [1.165, 1.54) is 0 Å². The number of rotatable bonds is 9. The summed E-state index contributed by atoms with van der Waals surface area (Å²) in [6, 6.07) is 14.8. The van der Waals surface area contributed by atoms with E-state index in [-0.39, 0.29) is 5.91 Å². The predicted molar refractivity (Wildman–Crippen MR) is 129 cm³/mol. The van der Waals surface area contributed by atoms with Crippen molar-refractivity contribution >= 4 is 11.6 Å². The molecule has 8 heteroatoms. The second-order valence-electron chi connectivity index (χ2n) is 7.53. The van der Waals surface area contributed by atoms with Crippen LogP contribution in [0.15, 0.2) is 60.9 Å². The van der Waals surface area contributed by atoms with Gasteiger partial charge in [-0.2, -0.15) is 0 Å². The van der Waals surface area contributed by atoms with Crippen molar-refractivity contribution in [1.29, 1.82) is 0 Å². The van der Waals surface area contributed by atoms with Gasteiger partial charge in [0.15, 0.2) is 11.5 Å². The van der Waals surface area contributed by atoms with Crippen molar-refractivity contribution in [3.63, 3.8) is 0 Å².